The van der Waals surface area contributed by atoms with Gasteiger partial charge in [-0.05, 0) is 31.3 Å². The monoisotopic (exact) mass is 271 g/mol. The van der Waals surface area contributed by atoms with Gasteiger partial charge in [-0.25, -0.2) is 0 Å². The lowest BCUT2D eigenvalue weighted by Gasteiger charge is -2.32. The highest BCUT2D eigenvalue weighted by atomic mass is 19.4. The first-order valence-corrected chi connectivity index (χ1v) is 5.94. The van der Waals surface area contributed by atoms with Crippen LogP contribution in [-0.2, 0) is 6.18 Å². The molecule has 1 amide bonds. The molecule has 0 saturated carbocycles. The Bertz CT molecular complexity index is 465. The summed E-state index contributed by atoms with van der Waals surface area (Å²) in [6.07, 6.45) is -4.45. The molecular weight excluding hydrogens is 257 g/mol. The van der Waals surface area contributed by atoms with Gasteiger partial charge in [0.05, 0.1) is 5.56 Å². The summed E-state index contributed by atoms with van der Waals surface area (Å²) in [5.41, 5.74) is -0.799. The fraction of sp³-hybridized carbons (Fsp3) is 0.462. The predicted molar refractivity (Wildman–Crippen MR) is 63.7 cm³/mol. The molecule has 1 aromatic carbocycles. The van der Waals surface area contributed by atoms with E-state index in [1.807, 2.05) is 7.05 Å². The first-order chi connectivity index (χ1) is 8.88. The summed E-state index contributed by atoms with van der Waals surface area (Å²) in [5.74, 6) is -0.365. The molecule has 0 bridgehead atoms. The number of halogens is 3. The molecule has 19 heavy (non-hydrogen) atoms. The number of hydrogen-bond donors (Lipinski definition) is 0. The zero-order valence-corrected chi connectivity index (χ0v) is 10.5. The average molecular weight is 271 g/mol. The number of benzene rings is 1. The van der Waals surface area contributed by atoms with E-state index in [1.54, 1.807) is 4.90 Å². The van der Waals surface area contributed by atoms with Gasteiger partial charge in [-0.15, -0.1) is 0 Å². The maximum atomic E-state index is 12.6. The van der Waals surface area contributed by atoms with Crippen molar-refractivity contribution in [2.75, 3.05) is 33.2 Å². The van der Waals surface area contributed by atoms with Crippen LogP contribution in [0.25, 0.3) is 0 Å². The summed E-state index contributed by atoms with van der Waals surface area (Å²) in [5, 5.41) is 0. The molecule has 0 aliphatic carbocycles. The second-order valence-corrected chi connectivity index (χ2v) is 4.60. The van der Waals surface area contributed by atoms with Crippen LogP contribution in [0.1, 0.15) is 15.9 Å². The standard InChI is InChI=1S/C13H14F3N2O/c1-17-5-7-18(8-6-17)12(19)10-3-2-4-11(9-10)13(14,15)16/h3-4,9H,5-8H2,1H3. The predicted octanol–water partition coefficient (Wildman–Crippen LogP) is 1.89. The number of likely N-dealkylation sites (N-methyl/N-ethyl adjacent to an activating group) is 1. The third-order valence-electron chi connectivity index (χ3n) is 3.15. The Labute approximate surface area is 109 Å². The minimum atomic E-state index is -4.45. The third-order valence-corrected chi connectivity index (χ3v) is 3.15. The molecule has 0 aromatic heterocycles. The third kappa shape index (κ3) is 3.26. The Morgan fingerprint density at radius 2 is 1.84 bits per heavy atom. The van der Waals surface area contributed by atoms with Gasteiger partial charge in [-0.3, -0.25) is 4.79 Å². The van der Waals surface area contributed by atoms with Gasteiger partial charge < -0.3 is 9.80 Å². The van der Waals surface area contributed by atoms with Crippen molar-refractivity contribution in [3.8, 4) is 0 Å². The Kier molecular flexibility index (Phi) is 3.80. The zero-order chi connectivity index (χ0) is 14.0. The van der Waals surface area contributed by atoms with Gasteiger partial charge in [0.25, 0.3) is 5.91 Å². The second-order valence-electron chi connectivity index (χ2n) is 4.60. The van der Waals surface area contributed by atoms with Gasteiger partial charge in [-0.2, -0.15) is 13.2 Å². The van der Waals surface area contributed by atoms with Gasteiger partial charge in [0, 0.05) is 31.7 Å². The van der Waals surface area contributed by atoms with Gasteiger partial charge in [0.1, 0.15) is 0 Å². The Morgan fingerprint density at radius 1 is 1.21 bits per heavy atom. The maximum Gasteiger partial charge on any atom is 0.416 e. The van der Waals surface area contributed by atoms with E-state index in [0.29, 0.717) is 13.1 Å². The summed E-state index contributed by atoms with van der Waals surface area (Å²) >= 11 is 0. The fourth-order valence-electron chi connectivity index (χ4n) is 1.95. The van der Waals surface area contributed by atoms with Crippen LogP contribution in [0.15, 0.2) is 18.2 Å². The van der Waals surface area contributed by atoms with Crippen molar-refractivity contribution in [2.45, 2.75) is 6.18 Å². The van der Waals surface area contributed by atoms with Crippen LogP contribution in [0.4, 0.5) is 13.2 Å². The smallest absolute Gasteiger partial charge is 0.336 e. The molecule has 1 radical (unpaired) electrons. The highest BCUT2D eigenvalue weighted by molar-refractivity contribution is 5.94. The van der Waals surface area contributed by atoms with Crippen LogP contribution in [0, 0.1) is 6.07 Å². The van der Waals surface area contributed by atoms with Crippen molar-refractivity contribution in [1.82, 2.24) is 9.80 Å². The summed E-state index contributed by atoms with van der Waals surface area (Å²) in [4.78, 5) is 15.7. The molecule has 0 unspecified atom stereocenters. The number of piperazine rings is 1. The number of rotatable bonds is 1. The van der Waals surface area contributed by atoms with Crippen molar-refractivity contribution in [3.05, 3.63) is 35.4 Å². The molecule has 0 N–H and O–H groups in total. The molecule has 1 aliphatic heterocycles. The van der Waals surface area contributed by atoms with Gasteiger partial charge in [-0.1, -0.05) is 0 Å². The van der Waals surface area contributed by atoms with Crippen LogP contribution in [0.2, 0.25) is 0 Å². The van der Waals surface area contributed by atoms with E-state index in [1.165, 1.54) is 6.07 Å². The highest BCUT2D eigenvalue weighted by Gasteiger charge is 2.31. The minimum Gasteiger partial charge on any atom is -0.336 e. The van der Waals surface area contributed by atoms with Crippen LogP contribution in [0.5, 0.6) is 0 Å². The van der Waals surface area contributed by atoms with E-state index in [-0.39, 0.29) is 11.5 Å². The molecule has 3 nitrogen and oxygen atoms in total. The quantitative estimate of drug-likeness (QED) is 0.779. The lowest BCUT2D eigenvalue weighted by Crippen LogP contribution is -2.47. The van der Waals surface area contributed by atoms with Crippen molar-refractivity contribution in [3.63, 3.8) is 0 Å². The molecule has 1 saturated heterocycles. The van der Waals surface area contributed by atoms with Crippen LogP contribution >= 0.6 is 0 Å². The summed E-state index contributed by atoms with van der Waals surface area (Å²) in [6, 6.07) is 5.42. The number of amides is 1. The Hall–Kier alpha value is -1.56. The van der Waals surface area contributed by atoms with E-state index in [2.05, 4.69) is 11.0 Å². The summed E-state index contributed by atoms with van der Waals surface area (Å²) < 4.78 is 37.7. The van der Waals surface area contributed by atoms with Gasteiger partial charge in [0.2, 0.25) is 0 Å². The SMILES string of the molecule is CN1CCN(C(=O)c2c[c]cc(C(F)(F)F)c2)CC1. The number of alkyl halides is 3. The Balaban J connectivity index is 2.15. The molecule has 1 fully saturated rings. The molecule has 2 rings (SSSR count). The number of carbonyl (C=O) groups excluding carboxylic acids is 1. The molecule has 0 atom stereocenters. The molecule has 103 valence electrons. The number of hydrogen-bond acceptors (Lipinski definition) is 2. The first kappa shape index (κ1) is 13.9. The van der Waals surface area contributed by atoms with Crippen molar-refractivity contribution in [1.29, 1.82) is 0 Å². The maximum absolute atomic E-state index is 12.6. The normalized spacial score (nSPS) is 17.6. The van der Waals surface area contributed by atoms with E-state index < -0.39 is 11.7 Å². The van der Waals surface area contributed by atoms with Gasteiger partial charge in [0.15, 0.2) is 0 Å². The average Bonchev–Trinajstić information content (AvgIpc) is 2.38. The number of carbonyl (C=O) groups is 1. The van der Waals surface area contributed by atoms with Crippen LogP contribution in [0.3, 0.4) is 0 Å². The van der Waals surface area contributed by atoms with E-state index in [4.69, 9.17) is 0 Å². The first-order valence-electron chi connectivity index (χ1n) is 5.94. The Morgan fingerprint density at radius 3 is 2.42 bits per heavy atom. The number of nitrogens with zero attached hydrogens (tertiary/aromatic N) is 2. The molecule has 1 aromatic rings. The highest BCUT2D eigenvalue weighted by Crippen LogP contribution is 2.29. The fourth-order valence-corrected chi connectivity index (χ4v) is 1.95. The van der Waals surface area contributed by atoms with Crippen molar-refractivity contribution in [2.24, 2.45) is 0 Å². The lowest BCUT2D eigenvalue weighted by molar-refractivity contribution is -0.137. The van der Waals surface area contributed by atoms with E-state index in [9.17, 15) is 18.0 Å². The molecule has 1 heterocycles. The van der Waals surface area contributed by atoms with Crippen LogP contribution < -0.4 is 0 Å². The second kappa shape index (κ2) is 5.21. The van der Waals surface area contributed by atoms with Crippen molar-refractivity contribution < 1.29 is 18.0 Å². The summed E-state index contributed by atoms with van der Waals surface area (Å²) in [7, 11) is 1.94. The molecule has 0 spiro atoms. The van der Waals surface area contributed by atoms with Crippen molar-refractivity contribution >= 4 is 5.91 Å². The minimum absolute atomic E-state index is 0.0411. The molecule has 6 heteroatoms. The van der Waals surface area contributed by atoms with Gasteiger partial charge >= 0.3 is 6.18 Å². The largest absolute Gasteiger partial charge is 0.416 e. The van der Waals surface area contributed by atoms with E-state index in [0.717, 1.165) is 25.2 Å². The molecule has 1 aliphatic rings. The van der Waals surface area contributed by atoms with Crippen LogP contribution in [-0.4, -0.2) is 48.9 Å². The zero-order valence-electron chi connectivity index (χ0n) is 10.5. The summed E-state index contributed by atoms with van der Waals surface area (Å²) in [6.45, 7) is 2.53. The molecular formula is C13H14F3N2O. The van der Waals surface area contributed by atoms with E-state index >= 15 is 0 Å². The lowest BCUT2D eigenvalue weighted by atomic mass is 10.1. The topological polar surface area (TPSA) is 23.6 Å².